The number of nitriles is 1. The Hall–Kier alpha value is -5.66. The van der Waals surface area contributed by atoms with E-state index < -0.39 is 11.9 Å². The molecular formula is C48H47ClN6O3. The van der Waals surface area contributed by atoms with Crippen LogP contribution in [-0.4, -0.2) is 63.0 Å². The van der Waals surface area contributed by atoms with Crippen LogP contribution < -0.4 is 5.32 Å². The summed E-state index contributed by atoms with van der Waals surface area (Å²) in [6.07, 6.45) is 7.49. The number of benzene rings is 3. The van der Waals surface area contributed by atoms with Crippen LogP contribution in [0, 0.1) is 66.6 Å². The van der Waals surface area contributed by atoms with Crippen LogP contribution in [0.1, 0.15) is 101 Å². The van der Waals surface area contributed by atoms with Crippen LogP contribution in [0.3, 0.4) is 0 Å². The Morgan fingerprint density at radius 2 is 1.55 bits per heavy atom. The van der Waals surface area contributed by atoms with Crippen molar-refractivity contribution < 1.29 is 14.4 Å². The largest absolute Gasteiger partial charge is 0.322 e. The number of aromatic nitrogens is 2. The van der Waals surface area contributed by atoms with Gasteiger partial charge in [-0.25, -0.2) is 0 Å². The summed E-state index contributed by atoms with van der Waals surface area (Å²) in [6.45, 7) is 8.48. The van der Waals surface area contributed by atoms with Crippen molar-refractivity contribution in [2.75, 3.05) is 19.6 Å². The minimum atomic E-state index is -0.605. The van der Waals surface area contributed by atoms with Gasteiger partial charge in [-0.3, -0.25) is 24.4 Å². The van der Waals surface area contributed by atoms with E-state index in [0.29, 0.717) is 47.5 Å². The van der Waals surface area contributed by atoms with Gasteiger partial charge in [0.15, 0.2) is 0 Å². The first-order valence-corrected chi connectivity index (χ1v) is 20.9. The van der Waals surface area contributed by atoms with Gasteiger partial charge in [0.1, 0.15) is 12.1 Å². The molecule has 3 amide bonds. The number of halogens is 1. The van der Waals surface area contributed by atoms with Crippen molar-refractivity contribution in [3.05, 3.63) is 110 Å². The van der Waals surface area contributed by atoms with Crippen molar-refractivity contribution in [3.8, 4) is 41.0 Å². The van der Waals surface area contributed by atoms with E-state index in [0.717, 1.165) is 96.0 Å². The molecule has 1 aromatic heterocycles. The first kappa shape index (κ1) is 39.2. The molecule has 3 aliphatic heterocycles. The van der Waals surface area contributed by atoms with Crippen molar-refractivity contribution in [2.45, 2.75) is 84.3 Å². The molecule has 0 spiro atoms. The molecule has 10 heteroatoms. The molecular weight excluding hydrogens is 744 g/mol. The predicted molar refractivity (Wildman–Crippen MR) is 223 cm³/mol. The van der Waals surface area contributed by atoms with E-state index in [4.69, 9.17) is 16.7 Å². The molecule has 1 atom stereocenters. The Kier molecular flexibility index (Phi) is 11.5. The number of carbonyl (C=O) groups is 3. The second-order valence-corrected chi connectivity index (χ2v) is 16.7. The number of fused-ring (bicyclic) bond motifs is 1. The number of amides is 3. The number of rotatable bonds is 6. The average Bonchev–Trinajstić information content (AvgIpc) is 3.70. The van der Waals surface area contributed by atoms with Crippen LogP contribution in [0.5, 0.6) is 0 Å². The Morgan fingerprint density at radius 3 is 2.26 bits per heavy atom. The molecule has 4 aliphatic rings. The van der Waals surface area contributed by atoms with E-state index in [1.807, 2.05) is 35.0 Å². The second kappa shape index (κ2) is 17.1. The van der Waals surface area contributed by atoms with E-state index in [1.165, 1.54) is 12.8 Å². The fourth-order valence-corrected chi connectivity index (χ4v) is 9.04. The Labute approximate surface area is 345 Å². The molecule has 0 bridgehead atoms. The number of imide groups is 1. The first-order chi connectivity index (χ1) is 28.1. The van der Waals surface area contributed by atoms with E-state index in [9.17, 15) is 19.6 Å². The third-order valence-corrected chi connectivity index (χ3v) is 12.8. The topological polar surface area (TPSA) is 111 Å². The first-order valence-electron chi connectivity index (χ1n) is 20.5. The summed E-state index contributed by atoms with van der Waals surface area (Å²) in [6, 6.07) is 21.2. The van der Waals surface area contributed by atoms with E-state index >= 15 is 0 Å². The van der Waals surface area contributed by atoms with Crippen molar-refractivity contribution >= 4 is 29.3 Å². The Balaban J connectivity index is 0.769. The SMILES string of the molecule is Cc1c(-c2ccc(C#N)c(Cl)c2)nn(Cc2ccc(C#CC3CCC(CN4CCC(C#Cc5ccc6c(c5)CN(C5CCC(=O)NC5=O)C6=O)CC4)CC3)cc2)c1C. The molecule has 1 N–H and O–H groups in total. The molecule has 3 aromatic carbocycles. The molecule has 9 nitrogen and oxygen atoms in total. The smallest absolute Gasteiger partial charge is 0.255 e. The molecule has 3 fully saturated rings. The van der Waals surface area contributed by atoms with Gasteiger partial charge in [-0.05, 0) is 137 Å². The number of nitrogens with one attached hydrogen (secondary N) is 1. The Morgan fingerprint density at radius 1 is 0.845 bits per heavy atom. The highest BCUT2D eigenvalue weighted by Gasteiger charge is 2.39. The van der Waals surface area contributed by atoms with Gasteiger partial charge in [0, 0.05) is 59.3 Å². The fraction of sp³-hybridized carbons (Fsp3) is 0.396. The van der Waals surface area contributed by atoms with Gasteiger partial charge in [-0.2, -0.15) is 10.4 Å². The third kappa shape index (κ3) is 8.60. The van der Waals surface area contributed by atoms with E-state index in [-0.39, 0.29) is 18.2 Å². The lowest BCUT2D eigenvalue weighted by Gasteiger charge is -2.35. The van der Waals surface area contributed by atoms with Crippen molar-refractivity contribution in [2.24, 2.45) is 17.8 Å². The Bertz CT molecular complexity index is 2420. The van der Waals surface area contributed by atoms with Crippen LogP contribution in [0.25, 0.3) is 11.3 Å². The zero-order valence-electron chi connectivity index (χ0n) is 33.1. The zero-order chi connectivity index (χ0) is 40.3. The highest BCUT2D eigenvalue weighted by Crippen LogP contribution is 2.32. The minimum absolute atomic E-state index is 0.155. The lowest BCUT2D eigenvalue weighted by Crippen LogP contribution is -2.52. The van der Waals surface area contributed by atoms with Gasteiger partial charge in [0.05, 0.1) is 22.8 Å². The quantitative estimate of drug-likeness (QED) is 0.161. The second-order valence-electron chi connectivity index (χ2n) is 16.3. The molecule has 1 saturated carbocycles. The van der Waals surface area contributed by atoms with Gasteiger partial charge < -0.3 is 9.80 Å². The lowest BCUT2D eigenvalue weighted by atomic mass is 9.81. The molecule has 4 aromatic rings. The van der Waals surface area contributed by atoms with Gasteiger partial charge in [-0.1, -0.05) is 53.5 Å². The molecule has 294 valence electrons. The van der Waals surface area contributed by atoms with Crippen molar-refractivity contribution in [1.82, 2.24) is 24.9 Å². The highest BCUT2D eigenvalue weighted by atomic mass is 35.5. The summed E-state index contributed by atoms with van der Waals surface area (Å²) in [5, 5.41) is 16.9. The van der Waals surface area contributed by atoms with E-state index in [1.54, 1.807) is 11.0 Å². The monoisotopic (exact) mass is 790 g/mol. The number of hydrogen-bond donors (Lipinski definition) is 1. The maximum atomic E-state index is 13.0. The maximum absolute atomic E-state index is 13.0. The third-order valence-electron chi connectivity index (χ3n) is 12.5. The van der Waals surface area contributed by atoms with Gasteiger partial charge in [-0.15, -0.1) is 0 Å². The summed E-state index contributed by atoms with van der Waals surface area (Å²) < 4.78 is 2.02. The number of likely N-dealkylation sites (tertiary alicyclic amines) is 1. The summed E-state index contributed by atoms with van der Waals surface area (Å²) >= 11 is 6.31. The standard InChI is InChI=1S/C48H47ClN6O3/c1-31-32(2)55(52-46(31)39-16-17-40(27-50)43(49)26-39)29-38-13-8-34(9-14-38)4-3-33-6-11-37(12-7-33)28-53-23-21-35(22-24-53)5-10-36-15-18-42-41(25-36)30-54(48(42)58)44-19-20-45(56)51-47(44)57/h8-9,13-18,25-26,33,35,37,44H,6-7,11-12,19-24,28-30H2,1-2H3,(H,51,56,57). The number of carbonyl (C=O) groups excluding carboxylic acids is 3. The van der Waals surface area contributed by atoms with E-state index in [2.05, 4.69) is 78.1 Å². The highest BCUT2D eigenvalue weighted by molar-refractivity contribution is 6.32. The van der Waals surface area contributed by atoms with Crippen LogP contribution >= 0.6 is 11.6 Å². The predicted octanol–water partition coefficient (Wildman–Crippen LogP) is 7.42. The van der Waals surface area contributed by atoms with Crippen molar-refractivity contribution in [3.63, 3.8) is 0 Å². The van der Waals surface area contributed by atoms with Gasteiger partial charge in [0.2, 0.25) is 11.8 Å². The summed E-state index contributed by atoms with van der Waals surface area (Å²) in [5.74, 6) is 14.6. The lowest BCUT2D eigenvalue weighted by molar-refractivity contribution is -0.136. The van der Waals surface area contributed by atoms with Crippen LogP contribution in [0.2, 0.25) is 5.02 Å². The summed E-state index contributed by atoms with van der Waals surface area (Å²) in [4.78, 5) is 41.2. The molecule has 8 rings (SSSR count). The number of hydrogen-bond acceptors (Lipinski definition) is 6. The average molecular weight is 791 g/mol. The molecule has 58 heavy (non-hydrogen) atoms. The summed E-state index contributed by atoms with van der Waals surface area (Å²) in [5.41, 5.74) is 9.06. The fourth-order valence-electron chi connectivity index (χ4n) is 8.82. The molecule has 4 heterocycles. The molecule has 1 unspecified atom stereocenters. The normalized spacial score (nSPS) is 21.0. The van der Waals surface area contributed by atoms with Crippen LogP contribution in [-0.2, 0) is 22.7 Å². The summed E-state index contributed by atoms with van der Waals surface area (Å²) in [7, 11) is 0. The minimum Gasteiger partial charge on any atom is -0.322 e. The molecule has 2 saturated heterocycles. The van der Waals surface area contributed by atoms with Crippen LogP contribution in [0.15, 0.2) is 60.7 Å². The molecule has 0 radical (unpaired) electrons. The molecule has 1 aliphatic carbocycles. The van der Waals surface area contributed by atoms with Gasteiger partial charge >= 0.3 is 0 Å². The zero-order valence-corrected chi connectivity index (χ0v) is 33.9. The van der Waals surface area contributed by atoms with Crippen molar-refractivity contribution in [1.29, 1.82) is 5.26 Å². The number of nitrogens with zero attached hydrogens (tertiary/aromatic N) is 5. The maximum Gasteiger partial charge on any atom is 0.255 e. The van der Waals surface area contributed by atoms with Crippen LogP contribution in [0.4, 0.5) is 0 Å². The van der Waals surface area contributed by atoms with Gasteiger partial charge in [0.25, 0.3) is 5.91 Å². The number of piperidine rings is 2.